The first-order valence-corrected chi connectivity index (χ1v) is 5.44. The van der Waals surface area contributed by atoms with E-state index in [0.717, 1.165) is 11.4 Å². The summed E-state index contributed by atoms with van der Waals surface area (Å²) in [5.41, 5.74) is 0. The smallest absolute Gasteiger partial charge is 0.255 e. The highest BCUT2D eigenvalue weighted by Gasteiger charge is 2.33. The summed E-state index contributed by atoms with van der Waals surface area (Å²) in [7, 11) is 0. The Morgan fingerprint density at radius 2 is 2.25 bits per heavy atom. The van der Waals surface area contributed by atoms with Crippen LogP contribution in [0.1, 0.15) is 6.92 Å². The SMILES string of the molecule is CC1CNCC1C(=O)N(CCO)CC(F)F. The first-order valence-electron chi connectivity index (χ1n) is 5.44. The van der Waals surface area contributed by atoms with E-state index in [0.29, 0.717) is 6.54 Å². The number of amides is 1. The minimum Gasteiger partial charge on any atom is -0.395 e. The lowest BCUT2D eigenvalue weighted by molar-refractivity contribution is -0.138. The minimum atomic E-state index is -2.56. The number of hydrogen-bond donors (Lipinski definition) is 2. The average Bonchev–Trinajstić information content (AvgIpc) is 2.62. The van der Waals surface area contributed by atoms with Crippen LogP contribution in [-0.4, -0.2) is 55.1 Å². The summed E-state index contributed by atoms with van der Waals surface area (Å²) in [5, 5.41) is 11.8. The van der Waals surface area contributed by atoms with Crippen molar-refractivity contribution in [2.24, 2.45) is 11.8 Å². The molecule has 0 aromatic rings. The van der Waals surface area contributed by atoms with E-state index in [4.69, 9.17) is 5.11 Å². The maximum absolute atomic E-state index is 12.3. The Hall–Kier alpha value is -0.750. The van der Waals surface area contributed by atoms with Gasteiger partial charge < -0.3 is 15.3 Å². The zero-order valence-electron chi connectivity index (χ0n) is 9.33. The molecule has 1 aliphatic heterocycles. The van der Waals surface area contributed by atoms with E-state index in [-0.39, 0.29) is 30.9 Å². The van der Waals surface area contributed by atoms with Gasteiger partial charge in [0.2, 0.25) is 5.91 Å². The van der Waals surface area contributed by atoms with Crippen molar-refractivity contribution in [3.63, 3.8) is 0 Å². The van der Waals surface area contributed by atoms with E-state index in [1.807, 2.05) is 6.92 Å². The third-order valence-corrected chi connectivity index (χ3v) is 2.87. The molecule has 1 amide bonds. The molecule has 1 aliphatic rings. The molecule has 6 heteroatoms. The maximum atomic E-state index is 12.3. The second kappa shape index (κ2) is 6.10. The largest absolute Gasteiger partial charge is 0.395 e. The van der Waals surface area contributed by atoms with Crippen LogP contribution in [0.3, 0.4) is 0 Å². The molecular formula is C10H18F2N2O2. The minimum absolute atomic E-state index is 0.0214. The van der Waals surface area contributed by atoms with Crippen LogP contribution in [0, 0.1) is 11.8 Å². The van der Waals surface area contributed by atoms with Gasteiger partial charge in [-0.3, -0.25) is 4.79 Å². The molecule has 0 aliphatic carbocycles. The first kappa shape index (κ1) is 13.3. The van der Waals surface area contributed by atoms with Crippen molar-refractivity contribution in [2.75, 3.05) is 32.8 Å². The highest BCUT2D eigenvalue weighted by molar-refractivity contribution is 5.79. The van der Waals surface area contributed by atoms with Crippen molar-refractivity contribution < 1.29 is 18.7 Å². The number of carbonyl (C=O) groups excluding carboxylic acids is 1. The number of aliphatic hydroxyl groups is 1. The Labute approximate surface area is 93.6 Å². The van der Waals surface area contributed by atoms with Crippen LogP contribution in [0.2, 0.25) is 0 Å². The van der Waals surface area contributed by atoms with E-state index in [1.54, 1.807) is 0 Å². The zero-order chi connectivity index (χ0) is 12.1. The summed E-state index contributed by atoms with van der Waals surface area (Å²) in [6, 6.07) is 0. The van der Waals surface area contributed by atoms with Crippen molar-refractivity contribution in [3.8, 4) is 0 Å². The van der Waals surface area contributed by atoms with Gasteiger partial charge in [0.05, 0.1) is 19.1 Å². The number of nitrogens with zero attached hydrogens (tertiary/aromatic N) is 1. The predicted molar refractivity (Wildman–Crippen MR) is 55.2 cm³/mol. The number of halogens is 2. The molecule has 0 radical (unpaired) electrons. The molecular weight excluding hydrogens is 218 g/mol. The van der Waals surface area contributed by atoms with E-state index in [9.17, 15) is 13.6 Å². The first-order chi connectivity index (χ1) is 7.56. The van der Waals surface area contributed by atoms with Crippen LogP contribution >= 0.6 is 0 Å². The quantitative estimate of drug-likeness (QED) is 0.702. The van der Waals surface area contributed by atoms with Crippen molar-refractivity contribution in [1.82, 2.24) is 10.2 Å². The van der Waals surface area contributed by atoms with Crippen LogP contribution in [0.15, 0.2) is 0 Å². The van der Waals surface area contributed by atoms with Gasteiger partial charge in [-0.05, 0) is 12.5 Å². The molecule has 0 aromatic heterocycles. The lowest BCUT2D eigenvalue weighted by Gasteiger charge is -2.25. The molecule has 4 nitrogen and oxygen atoms in total. The summed E-state index contributed by atoms with van der Waals surface area (Å²) in [5.74, 6) is -0.372. The van der Waals surface area contributed by atoms with Gasteiger partial charge in [-0.15, -0.1) is 0 Å². The Bertz CT molecular complexity index is 239. The van der Waals surface area contributed by atoms with Gasteiger partial charge in [-0.25, -0.2) is 8.78 Å². The topological polar surface area (TPSA) is 52.6 Å². The van der Waals surface area contributed by atoms with Crippen molar-refractivity contribution >= 4 is 5.91 Å². The number of nitrogens with one attached hydrogen (secondary N) is 1. The highest BCUT2D eigenvalue weighted by Crippen LogP contribution is 2.19. The Morgan fingerprint density at radius 1 is 1.56 bits per heavy atom. The Kier molecular flexibility index (Phi) is 5.08. The second-order valence-corrected chi connectivity index (χ2v) is 4.14. The van der Waals surface area contributed by atoms with Gasteiger partial charge in [0.1, 0.15) is 0 Å². The normalized spacial score (nSPS) is 25.1. The molecule has 1 saturated heterocycles. The van der Waals surface area contributed by atoms with Gasteiger partial charge in [0.25, 0.3) is 6.43 Å². The molecule has 1 heterocycles. The lowest BCUT2D eigenvalue weighted by atomic mass is 9.96. The summed E-state index contributed by atoms with van der Waals surface area (Å²) < 4.78 is 24.5. The van der Waals surface area contributed by atoms with Gasteiger partial charge in [-0.1, -0.05) is 6.92 Å². The molecule has 16 heavy (non-hydrogen) atoms. The molecule has 1 rings (SSSR count). The van der Waals surface area contributed by atoms with Gasteiger partial charge in [-0.2, -0.15) is 0 Å². The molecule has 94 valence electrons. The third kappa shape index (κ3) is 3.38. The van der Waals surface area contributed by atoms with E-state index < -0.39 is 13.0 Å². The molecule has 2 unspecified atom stereocenters. The van der Waals surface area contributed by atoms with E-state index in [1.165, 1.54) is 0 Å². The van der Waals surface area contributed by atoms with Gasteiger partial charge in [0, 0.05) is 13.1 Å². The summed E-state index contributed by atoms with van der Waals surface area (Å²) >= 11 is 0. The Morgan fingerprint density at radius 3 is 2.69 bits per heavy atom. The molecule has 0 bridgehead atoms. The molecule has 1 fully saturated rings. The van der Waals surface area contributed by atoms with Crippen LogP contribution in [0.4, 0.5) is 8.78 Å². The maximum Gasteiger partial charge on any atom is 0.255 e. The molecule has 2 atom stereocenters. The fourth-order valence-electron chi connectivity index (χ4n) is 1.95. The summed E-state index contributed by atoms with van der Waals surface area (Å²) in [4.78, 5) is 13.0. The number of hydrogen-bond acceptors (Lipinski definition) is 3. The number of carbonyl (C=O) groups is 1. The number of aliphatic hydroxyl groups excluding tert-OH is 1. The van der Waals surface area contributed by atoms with Crippen LogP contribution < -0.4 is 5.32 Å². The number of alkyl halides is 2. The van der Waals surface area contributed by atoms with Crippen molar-refractivity contribution in [3.05, 3.63) is 0 Å². The van der Waals surface area contributed by atoms with Crippen LogP contribution in [-0.2, 0) is 4.79 Å². The van der Waals surface area contributed by atoms with Crippen molar-refractivity contribution in [2.45, 2.75) is 13.3 Å². The highest BCUT2D eigenvalue weighted by atomic mass is 19.3. The molecule has 2 N–H and O–H groups in total. The standard InChI is InChI=1S/C10H18F2N2O2/c1-7-4-13-5-8(7)10(16)14(2-3-15)6-9(11)12/h7-9,13,15H,2-6H2,1H3. The third-order valence-electron chi connectivity index (χ3n) is 2.87. The van der Waals surface area contributed by atoms with Gasteiger partial charge in [0.15, 0.2) is 0 Å². The monoisotopic (exact) mass is 236 g/mol. The second-order valence-electron chi connectivity index (χ2n) is 4.14. The molecule has 0 spiro atoms. The fraction of sp³-hybridized carbons (Fsp3) is 0.900. The van der Waals surface area contributed by atoms with Gasteiger partial charge >= 0.3 is 0 Å². The predicted octanol–water partition coefficient (Wildman–Crippen LogP) is -0.0721. The fourth-order valence-corrected chi connectivity index (χ4v) is 1.95. The Balaban J connectivity index is 2.58. The van der Waals surface area contributed by atoms with Crippen molar-refractivity contribution in [1.29, 1.82) is 0 Å². The van der Waals surface area contributed by atoms with Crippen LogP contribution in [0.5, 0.6) is 0 Å². The summed E-state index contributed by atoms with van der Waals surface area (Å²) in [6.45, 7) is 2.28. The summed E-state index contributed by atoms with van der Waals surface area (Å²) in [6.07, 6.45) is -2.56. The average molecular weight is 236 g/mol. The van der Waals surface area contributed by atoms with Crippen LogP contribution in [0.25, 0.3) is 0 Å². The zero-order valence-corrected chi connectivity index (χ0v) is 9.33. The molecule has 0 aromatic carbocycles. The molecule has 0 saturated carbocycles. The van der Waals surface area contributed by atoms with E-state index >= 15 is 0 Å². The van der Waals surface area contributed by atoms with E-state index in [2.05, 4.69) is 5.32 Å². The lowest BCUT2D eigenvalue weighted by Crippen LogP contribution is -2.42. The number of rotatable bonds is 5.